The van der Waals surface area contributed by atoms with Crippen molar-refractivity contribution in [2.45, 2.75) is 31.2 Å². The van der Waals surface area contributed by atoms with Crippen molar-refractivity contribution in [1.29, 1.82) is 0 Å². The number of halogens is 1. The summed E-state index contributed by atoms with van der Waals surface area (Å²) in [7, 11) is 0. The second kappa shape index (κ2) is 5.39. The van der Waals surface area contributed by atoms with E-state index >= 15 is 0 Å². The lowest BCUT2D eigenvalue weighted by molar-refractivity contribution is 0.177. The Labute approximate surface area is 127 Å². The SMILES string of the molecule is O=C(O)NC1(COc2ccc3c(c2Cl)CC(CO)C3)CC1. The molecule has 0 bridgehead atoms. The first-order valence-electron chi connectivity index (χ1n) is 7.08. The summed E-state index contributed by atoms with van der Waals surface area (Å²) in [4.78, 5) is 10.7. The first-order chi connectivity index (χ1) is 10.0. The van der Waals surface area contributed by atoms with Crippen LogP contribution in [-0.4, -0.2) is 35.1 Å². The van der Waals surface area contributed by atoms with Crippen LogP contribution in [-0.2, 0) is 12.8 Å². The predicted octanol–water partition coefficient (Wildman–Crippen LogP) is 2.23. The number of aliphatic hydroxyl groups excluding tert-OH is 1. The summed E-state index contributed by atoms with van der Waals surface area (Å²) in [6.07, 6.45) is 2.15. The van der Waals surface area contributed by atoms with Crippen molar-refractivity contribution in [3.05, 3.63) is 28.3 Å². The van der Waals surface area contributed by atoms with Gasteiger partial charge in [0.25, 0.3) is 0 Å². The number of hydrogen-bond acceptors (Lipinski definition) is 3. The highest BCUT2D eigenvalue weighted by molar-refractivity contribution is 6.33. The maximum atomic E-state index is 10.7. The molecule has 0 aliphatic heterocycles. The molecule has 1 unspecified atom stereocenters. The van der Waals surface area contributed by atoms with E-state index in [0.717, 1.165) is 36.8 Å². The Bertz CT molecular complexity index is 571. The quantitative estimate of drug-likeness (QED) is 0.779. The van der Waals surface area contributed by atoms with Crippen molar-refractivity contribution < 1.29 is 19.7 Å². The number of aliphatic hydroxyl groups is 1. The van der Waals surface area contributed by atoms with Gasteiger partial charge in [0.2, 0.25) is 0 Å². The van der Waals surface area contributed by atoms with Crippen molar-refractivity contribution in [3.63, 3.8) is 0 Å². The molecule has 1 aromatic rings. The van der Waals surface area contributed by atoms with Gasteiger partial charge in [-0.05, 0) is 48.8 Å². The van der Waals surface area contributed by atoms with Gasteiger partial charge in [-0.3, -0.25) is 0 Å². The zero-order chi connectivity index (χ0) is 15.0. The maximum Gasteiger partial charge on any atom is 0.405 e. The summed E-state index contributed by atoms with van der Waals surface area (Å²) >= 11 is 6.39. The number of hydrogen-bond donors (Lipinski definition) is 3. The van der Waals surface area contributed by atoms with Gasteiger partial charge < -0.3 is 20.3 Å². The van der Waals surface area contributed by atoms with Gasteiger partial charge in [-0.2, -0.15) is 0 Å². The first-order valence-corrected chi connectivity index (χ1v) is 7.46. The number of carbonyl (C=O) groups is 1. The monoisotopic (exact) mass is 311 g/mol. The molecular weight excluding hydrogens is 294 g/mol. The van der Waals surface area contributed by atoms with Gasteiger partial charge in [-0.15, -0.1) is 0 Å². The van der Waals surface area contributed by atoms with Crippen LogP contribution in [0.1, 0.15) is 24.0 Å². The Kier molecular flexibility index (Phi) is 3.71. The molecular formula is C15H18ClNO4. The minimum absolute atomic E-state index is 0.160. The van der Waals surface area contributed by atoms with Crippen LogP contribution < -0.4 is 10.1 Å². The van der Waals surface area contributed by atoms with Crippen LogP contribution in [0.25, 0.3) is 0 Å². The molecule has 0 saturated heterocycles. The summed E-state index contributed by atoms with van der Waals surface area (Å²) in [5.41, 5.74) is 1.75. The van der Waals surface area contributed by atoms with E-state index in [0.29, 0.717) is 17.4 Å². The minimum atomic E-state index is -1.03. The molecule has 1 fully saturated rings. The fourth-order valence-electron chi connectivity index (χ4n) is 2.86. The van der Waals surface area contributed by atoms with Crippen LogP contribution in [0.15, 0.2) is 12.1 Å². The molecule has 2 aliphatic rings. The zero-order valence-corrected chi connectivity index (χ0v) is 12.3. The summed E-state index contributed by atoms with van der Waals surface area (Å²) in [6, 6.07) is 3.81. The van der Waals surface area contributed by atoms with Crippen LogP contribution >= 0.6 is 11.6 Å². The van der Waals surface area contributed by atoms with Gasteiger partial charge in [0.05, 0.1) is 10.6 Å². The fraction of sp³-hybridized carbons (Fsp3) is 0.533. The van der Waals surface area contributed by atoms with Crippen LogP contribution in [0.2, 0.25) is 5.02 Å². The van der Waals surface area contributed by atoms with E-state index in [1.54, 1.807) is 0 Å². The number of rotatable bonds is 5. The summed E-state index contributed by atoms with van der Waals surface area (Å²) in [6.45, 7) is 0.452. The molecule has 114 valence electrons. The Morgan fingerprint density at radius 2 is 2.19 bits per heavy atom. The van der Waals surface area contributed by atoms with Crippen LogP contribution in [0, 0.1) is 5.92 Å². The Morgan fingerprint density at radius 1 is 1.43 bits per heavy atom. The third kappa shape index (κ3) is 2.94. The van der Waals surface area contributed by atoms with Gasteiger partial charge >= 0.3 is 6.09 Å². The Morgan fingerprint density at radius 3 is 2.81 bits per heavy atom. The lowest BCUT2D eigenvalue weighted by atomic mass is 10.1. The summed E-state index contributed by atoms with van der Waals surface area (Å²) in [5.74, 6) is 0.823. The van der Waals surface area contributed by atoms with Gasteiger partial charge in [-0.25, -0.2) is 4.79 Å². The van der Waals surface area contributed by atoms with Gasteiger partial charge in [0.1, 0.15) is 12.4 Å². The molecule has 3 rings (SSSR count). The number of nitrogens with one attached hydrogen (secondary N) is 1. The molecule has 2 aliphatic carbocycles. The highest BCUT2D eigenvalue weighted by atomic mass is 35.5. The fourth-order valence-corrected chi connectivity index (χ4v) is 3.18. The smallest absolute Gasteiger partial charge is 0.405 e. The van der Waals surface area contributed by atoms with E-state index in [9.17, 15) is 9.90 Å². The van der Waals surface area contributed by atoms with Crippen LogP contribution in [0.5, 0.6) is 5.75 Å². The molecule has 0 heterocycles. The molecule has 1 amide bonds. The number of ether oxygens (including phenoxy) is 1. The molecule has 6 heteroatoms. The van der Waals surface area contributed by atoms with E-state index in [-0.39, 0.29) is 12.5 Å². The highest BCUT2D eigenvalue weighted by Crippen LogP contribution is 2.40. The lowest BCUT2D eigenvalue weighted by Gasteiger charge is -2.17. The van der Waals surface area contributed by atoms with E-state index < -0.39 is 11.6 Å². The van der Waals surface area contributed by atoms with Crippen LogP contribution in [0.4, 0.5) is 4.79 Å². The minimum Gasteiger partial charge on any atom is -0.490 e. The molecule has 0 radical (unpaired) electrons. The van der Waals surface area contributed by atoms with E-state index in [2.05, 4.69) is 5.32 Å². The van der Waals surface area contributed by atoms with Crippen molar-refractivity contribution in [2.75, 3.05) is 13.2 Å². The van der Waals surface area contributed by atoms with E-state index in [1.807, 2.05) is 12.1 Å². The van der Waals surface area contributed by atoms with Crippen molar-refractivity contribution in [2.24, 2.45) is 5.92 Å². The van der Waals surface area contributed by atoms with Crippen LogP contribution in [0.3, 0.4) is 0 Å². The largest absolute Gasteiger partial charge is 0.490 e. The third-order valence-corrected chi connectivity index (χ3v) is 4.71. The molecule has 1 saturated carbocycles. The van der Waals surface area contributed by atoms with Crippen molar-refractivity contribution in [3.8, 4) is 5.75 Å². The standard InChI is InChI=1S/C15H18ClNO4/c16-13-11-6-9(7-18)5-10(11)1-2-12(13)21-8-15(3-4-15)17-14(19)20/h1-2,9,17-18H,3-8H2,(H,19,20). The molecule has 21 heavy (non-hydrogen) atoms. The molecule has 1 aromatic carbocycles. The van der Waals surface area contributed by atoms with Crippen molar-refractivity contribution >= 4 is 17.7 Å². The molecule has 5 nitrogen and oxygen atoms in total. The summed E-state index contributed by atoms with van der Waals surface area (Å²) in [5, 5.41) is 21.2. The second-order valence-electron chi connectivity index (χ2n) is 5.97. The number of benzene rings is 1. The van der Waals surface area contributed by atoms with Crippen molar-refractivity contribution in [1.82, 2.24) is 5.32 Å². The molecule has 0 aromatic heterocycles. The average molecular weight is 312 g/mol. The second-order valence-corrected chi connectivity index (χ2v) is 6.35. The highest BCUT2D eigenvalue weighted by Gasteiger charge is 2.45. The normalized spacial score (nSPS) is 21.7. The Balaban J connectivity index is 1.69. The number of carboxylic acid groups (broad SMARTS) is 1. The Hall–Kier alpha value is -1.46. The van der Waals surface area contributed by atoms with Gasteiger partial charge in [0.15, 0.2) is 0 Å². The molecule has 1 atom stereocenters. The third-order valence-electron chi connectivity index (χ3n) is 4.29. The number of fused-ring (bicyclic) bond motifs is 1. The van der Waals surface area contributed by atoms with Gasteiger partial charge in [-0.1, -0.05) is 17.7 Å². The number of amides is 1. The molecule has 0 spiro atoms. The maximum absolute atomic E-state index is 10.7. The lowest BCUT2D eigenvalue weighted by Crippen LogP contribution is -2.40. The van der Waals surface area contributed by atoms with Gasteiger partial charge in [0, 0.05) is 6.61 Å². The predicted molar refractivity (Wildman–Crippen MR) is 78.1 cm³/mol. The average Bonchev–Trinajstić information content (AvgIpc) is 3.05. The summed E-state index contributed by atoms with van der Waals surface area (Å²) < 4.78 is 5.74. The topological polar surface area (TPSA) is 78.8 Å². The molecule has 3 N–H and O–H groups in total. The van der Waals surface area contributed by atoms with E-state index in [1.165, 1.54) is 0 Å². The van der Waals surface area contributed by atoms with E-state index in [4.69, 9.17) is 21.4 Å². The first kappa shape index (κ1) is 14.5. The zero-order valence-electron chi connectivity index (χ0n) is 11.6.